The fourth-order valence-corrected chi connectivity index (χ4v) is 3.11. The largest absolute Gasteiger partial charge is 0.308 e. The van der Waals surface area contributed by atoms with Crippen molar-refractivity contribution in [2.24, 2.45) is 0 Å². The van der Waals surface area contributed by atoms with Gasteiger partial charge in [0, 0.05) is 29.6 Å². The van der Waals surface area contributed by atoms with Gasteiger partial charge >= 0.3 is 0 Å². The molecule has 0 unspecified atom stereocenters. The highest BCUT2D eigenvalue weighted by Crippen LogP contribution is 2.21. The summed E-state index contributed by atoms with van der Waals surface area (Å²) >= 11 is 3.76. The number of rotatable bonds is 7. The van der Waals surface area contributed by atoms with Crippen molar-refractivity contribution in [2.45, 2.75) is 52.9 Å². The Kier molecular flexibility index (Phi) is 7.02. The van der Waals surface area contributed by atoms with Crippen LogP contribution in [0.2, 0.25) is 0 Å². The van der Waals surface area contributed by atoms with Crippen molar-refractivity contribution in [3.05, 3.63) is 69.7 Å². The summed E-state index contributed by atoms with van der Waals surface area (Å²) < 4.78 is 1.20. The molecule has 2 aromatic rings. The highest BCUT2D eigenvalue weighted by molar-refractivity contribution is 9.10. The lowest BCUT2D eigenvalue weighted by Gasteiger charge is -2.23. The SMILES string of the molecule is CCN(Cc1ccccc1)Cc1ccc(CNC(C)(C)C)cc1Br. The molecule has 0 aromatic heterocycles. The number of hydrogen-bond acceptors (Lipinski definition) is 2. The van der Waals surface area contributed by atoms with Crippen LogP contribution in [0.15, 0.2) is 53.0 Å². The van der Waals surface area contributed by atoms with Crippen LogP contribution in [0.4, 0.5) is 0 Å². The van der Waals surface area contributed by atoms with Crippen molar-refractivity contribution < 1.29 is 0 Å². The van der Waals surface area contributed by atoms with Gasteiger partial charge in [0.05, 0.1) is 0 Å². The van der Waals surface area contributed by atoms with Crippen molar-refractivity contribution in [3.8, 4) is 0 Å². The molecule has 0 atom stereocenters. The lowest BCUT2D eigenvalue weighted by atomic mass is 10.1. The van der Waals surface area contributed by atoms with Crippen LogP contribution in [0.5, 0.6) is 0 Å². The van der Waals surface area contributed by atoms with E-state index < -0.39 is 0 Å². The molecule has 0 aliphatic rings. The summed E-state index contributed by atoms with van der Waals surface area (Å²) in [6, 6.07) is 17.4. The summed E-state index contributed by atoms with van der Waals surface area (Å²) in [4.78, 5) is 2.46. The molecule has 0 aliphatic heterocycles. The van der Waals surface area contributed by atoms with E-state index in [0.29, 0.717) is 0 Å². The Morgan fingerprint density at radius 3 is 2.25 bits per heavy atom. The Bertz CT molecular complexity index is 632. The summed E-state index contributed by atoms with van der Waals surface area (Å²) in [7, 11) is 0. The van der Waals surface area contributed by atoms with E-state index in [0.717, 1.165) is 26.2 Å². The van der Waals surface area contributed by atoms with Crippen LogP contribution >= 0.6 is 15.9 Å². The Morgan fingerprint density at radius 1 is 0.958 bits per heavy atom. The minimum atomic E-state index is 0.139. The molecule has 24 heavy (non-hydrogen) atoms. The topological polar surface area (TPSA) is 15.3 Å². The Labute approximate surface area is 155 Å². The first kappa shape index (κ1) is 19.2. The molecule has 0 spiro atoms. The molecule has 0 aliphatic carbocycles. The quantitative estimate of drug-likeness (QED) is 0.686. The first-order valence-electron chi connectivity index (χ1n) is 8.66. The predicted octanol–water partition coefficient (Wildman–Crippen LogP) is 5.36. The van der Waals surface area contributed by atoms with Gasteiger partial charge in [-0.1, -0.05) is 65.3 Å². The van der Waals surface area contributed by atoms with E-state index in [1.54, 1.807) is 0 Å². The normalized spacial score (nSPS) is 11.9. The molecular formula is C21H29BrN2. The lowest BCUT2D eigenvalue weighted by molar-refractivity contribution is 0.271. The standard InChI is InChI=1S/C21H29BrN2/c1-5-24(15-17-9-7-6-8-10-17)16-19-12-11-18(13-20(19)22)14-23-21(2,3)4/h6-13,23H,5,14-16H2,1-4H3. The van der Waals surface area contributed by atoms with E-state index >= 15 is 0 Å². The molecule has 0 amide bonds. The number of halogens is 1. The summed E-state index contributed by atoms with van der Waals surface area (Å²) in [5.74, 6) is 0. The van der Waals surface area contributed by atoms with Gasteiger partial charge in [-0.15, -0.1) is 0 Å². The maximum absolute atomic E-state index is 3.76. The molecule has 2 rings (SSSR count). The maximum Gasteiger partial charge on any atom is 0.0248 e. The highest BCUT2D eigenvalue weighted by Gasteiger charge is 2.11. The van der Waals surface area contributed by atoms with E-state index in [1.807, 2.05) is 0 Å². The zero-order valence-corrected chi connectivity index (χ0v) is 16.9. The van der Waals surface area contributed by atoms with Gasteiger partial charge in [-0.05, 0) is 50.1 Å². The van der Waals surface area contributed by atoms with Crippen molar-refractivity contribution in [3.63, 3.8) is 0 Å². The lowest BCUT2D eigenvalue weighted by Crippen LogP contribution is -2.35. The first-order chi connectivity index (χ1) is 11.4. The van der Waals surface area contributed by atoms with Gasteiger partial charge in [0.1, 0.15) is 0 Å². The Morgan fingerprint density at radius 2 is 1.67 bits per heavy atom. The monoisotopic (exact) mass is 388 g/mol. The fraction of sp³-hybridized carbons (Fsp3) is 0.429. The average Bonchev–Trinajstić information content (AvgIpc) is 2.54. The molecule has 0 saturated heterocycles. The number of nitrogens with one attached hydrogen (secondary N) is 1. The van der Waals surface area contributed by atoms with Crippen molar-refractivity contribution in [2.75, 3.05) is 6.54 Å². The van der Waals surface area contributed by atoms with E-state index in [-0.39, 0.29) is 5.54 Å². The number of benzene rings is 2. The number of nitrogens with zero attached hydrogens (tertiary/aromatic N) is 1. The van der Waals surface area contributed by atoms with E-state index in [2.05, 4.69) is 102 Å². The highest BCUT2D eigenvalue weighted by atomic mass is 79.9. The third-order valence-corrected chi connectivity index (χ3v) is 4.77. The number of hydrogen-bond donors (Lipinski definition) is 1. The molecule has 0 bridgehead atoms. The van der Waals surface area contributed by atoms with Gasteiger partial charge in [-0.25, -0.2) is 0 Å². The van der Waals surface area contributed by atoms with Crippen LogP contribution in [-0.4, -0.2) is 17.0 Å². The third-order valence-electron chi connectivity index (χ3n) is 4.03. The van der Waals surface area contributed by atoms with Crippen molar-refractivity contribution in [1.82, 2.24) is 10.2 Å². The summed E-state index contributed by atoms with van der Waals surface area (Å²) in [6.07, 6.45) is 0. The molecule has 0 fully saturated rings. The minimum Gasteiger partial charge on any atom is -0.308 e. The smallest absolute Gasteiger partial charge is 0.0248 e. The first-order valence-corrected chi connectivity index (χ1v) is 9.45. The van der Waals surface area contributed by atoms with Gasteiger partial charge in [-0.2, -0.15) is 0 Å². The summed E-state index contributed by atoms with van der Waals surface area (Å²) in [6.45, 7) is 12.7. The molecule has 1 N–H and O–H groups in total. The van der Waals surface area contributed by atoms with Gasteiger partial charge in [-0.3, -0.25) is 4.90 Å². The zero-order valence-electron chi connectivity index (χ0n) is 15.3. The second-order valence-electron chi connectivity index (χ2n) is 7.32. The molecule has 3 heteroatoms. The van der Waals surface area contributed by atoms with Crippen LogP contribution in [-0.2, 0) is 19.6 Å². The molecule has 0 saturated carbocycles. The van der Waals surface area contributed by atoms with Gasteiger partial charge in [0.15, 0.2) is 0 Å². The van der Waals surface area contributed by atoms with Gasteiger partial charge < -0.3 is 5.32 Å². The van der Waals surface area contributed by atoms with Crippen LogP contribution in [0, 0.1) is 0 Å². The van der Waals surface area contributed by atoms with Crippen molar-refractivity contribution in [1.29, 1.82) is 0 Å². The molecular weight excluding hydrogens is 360 g/mol. The van der Waals surface area contributed by atoms with Gasteiger partial charge in [0.2, 0.25) is 0 Å². The summed E-state index contributed by atoms with van der Waals surface area (Å²) in [5.41, 5.74) is 4.15. The Hall–Kier alpha value is -1.16. The predicted molar refractivity (Wildman–Crippen MR) is 107 cm³/mol. The van der Waals surface area contributed by atoms with E-state index in [1.165, 1.54) is 21.2 Å². The second kappa shape index (κ2) is 8.80. The molecule has 130 valence electrons. The Balaban J connectivity index is 2.00. The van der Waals surface area contributed by atoms with E-state index in [4.69, 9.17) is 0 Å². The van der Waals surface area contributed by atoms with Crippen molar-refractivity contribution >= 4 is 15.9 Å². The minimum absolute atomic E-state index is 0.139. The molecule has 0 radical (unpaired) electrons. The molecule has 0 heterocycles. The van der Waals surface area contributed by atoms with Crippen LogP contribution < -0.4 is 5.32 Å². The summed E-state index contributed by atoms with van der Waals surface area (Å²) in [5, 5.41) is 3.54. The third kappa shape index (κ3) is 6.39. The van der Waals surface area contributed by atoms with E-state index in [9.17, 15) is 0 Å². The van der Waals surface area contributed by atoms with Gasteiger partial charge in [0.25, 0.3) is 0 Å². The molecule has 2 nitrogen and oxygen atoms in total. The average molecular weight is 389 g/mol. The molecule has 2 aromatic carbocycles. The van der Waals surface area contributed by atoms with Crippen LogP contribution in [0.1, 0.15) is 44.4 Å². The maximum atomic E-state index is 3.76. The van der Waals surface area contributed by atoms with Crippen LogP contribution in [0.3, 0.4) is 0 Å². The van der Waals surface area contributed by atoms with Crippen LogP contribution in [0.25, 0.3) is 0 Å². The second-order valence-corrected chi connectivity index (χ2v) is 8.17. The fourth-order valence-electron chi connectivity index (χ4n) is 2.56. The zero-order chi connectivity index (χ0) is 17.6.